The molecular weight excluding hydrogens is 631 g/mol. The summed E-state index contributed by atoms with van der Waals surface area (Å²) in [6.07, 6.45) is 0. The molecule has 2 aliphatic rings. The van der Waals surface area contributed by atoms with Crippen molar-refractivity contribution in [2.45, 2.75) is 90.9 Å². The topological polar surface area (TPSA) is 16.4 Å². The maximum absolute atomic E-state index is 6.89. The Bertz CT molecular complexity index is 2600. The molecular formula is C50H49NO. The van der Waals surface area contributed by atoms with Gasteiger partial charge >= 0.3 is 0 Å². The summed E-state index contributed by atoms with van der Waals surface area (Å²) >= 11 is 0. The summed E-state index contributed by atoms with van der Waals surface area (Å²) in [4.78, 5) is 2.54. The molecule has 0 radical (unpaired) electrons. The van der Waals surface area contributed by atoms with E-state index in [1.165, 1.54) is 66.7 Å². The molecule has 0 unspecified atom stereocenters. The van der Waals surface area contributed by atoms with Gasteiger partial charge in [-0.1, -0.05) is 148 Å². The van der Waals surface area contributed by atoms with E-state index in [0.29, 0.717) is 0 Å². The molecule has 0 bridgehead atoms. The number of nitrogens with zero attached hydrogens (tertiary/aromatic N) is 1. The zero-order valence-electron chi connectivity index (χ0n) is 32.3. The Morgan fingerprint density at radius 3 is 1.79 bits per heavy atom. The van der Waals surface area contributed by atoms with Crippen molar-refractivity contribution < 1.29 is 4.42 Å². The molecule has 2 aliphatic carbocycles. The summed E-state index contributed by atoms with van der Waals surface area (Å²) in [6, 6.07) is 43.3. The second-order valence-electron chi connectivity index (χ2n) is 18.3. The molecule has 0 saturated heterocycles. The predicted molar refractivity (Wildman–Crippen MR) is 221 cm³/mol. The van der Waals surface area contributed by atoms with E-state index in [9.17, 15) is 0 Å². The fourth-order valence-corrected chi connectivity index (χ4v) is 9.30. The minimum absolute atomic E-state index is 0.0123. The highest BCUT2D eigenvalue weighted by Crippen LogP contribution is 2.57. The Morgan fingerprint density at radius 1 is 0.481 bits per heavy atom. The van der Waals surface area contributed by atoms with Crippen LogP contribution in [-0.2, 0) is 21.7 Å². The van der Waals surface area contributed by atoms with E-state index < -0.39 is 0 Å². The van der Waals surface area contributed by atoms with Crippen LogP contribution in [0.5, 0.6) is 0 Å². The number of anilines is 3. The van der Waals surface area contributed by atoms with Crippen molar-refractivity contribution in [1.82, 2.24) is 0 Å². The molecule has 0 fully saturated rings. The fourth-order valence-electron chi connectivity index (χ4n) is 9.30. The molecule has 0 spiro atoms. The Labute approximate surface area is 309 Å². The van der Waals surface area contributed by atoms with Gasteiger partial charge in [-0.05, 0) is 97.3 Å². The van der Waals surface area contributed by atoms with Crippen molar-refractivity contribution in [3.05, 3.63) is 149 Å². The van der Waals surface area contributed by atoms with E-state index >= 15 is 0 Å². The molecule has 0 aliphatic heterocycles. The smallest absolute Gasteiger partial charge is 0.137 e. The van der Waals surface area contributed by atoms with Crippen molar-refractivity contribution in [3.8, 4) is 22.3 Å². The van der Waals surface area contributed by atoms with Crippen LogP contribution in [0.4, 0.5) is 17.1 Å². The standard InChI is InChI=1S/C50H49NO/c1-47(2,3)30-27-39(48(4,5)6)45-43(28-30)52-42-24-16-23-41(46(42)45)51(31-25-26-33-32-17-11-13-19-35(32)50(9,10)38(33)29-31)40-22-15-21-37-44(40)34-18-12-14-20-36(34)49(37,7)8/h11-29H,1-10H3. The van der Waals surface area contributed by atoms with Gasteiger partial charge in [0.25, 0.3) is 0 Å². The summed E-state index contributed by atoms with van der Waals surface area (Å²) in [5, 5.41) is 2.37. The van der Waals surface area contributed by atoms with Crippen LogP contribution < -0.4 is 4.90 Å². The third-order valence-corrected chi connectivity index (χ3v) is 12.1. The van der Waals surface area contributed by atoms with E-state index in [1.807, 2.05) is 0 Å². The van der Waals surface area contributed by atoms with Crippen LogP contribution in [0, 0.1) is 0 Å². The van der Waals surface area contributed by atoms with E-state index in [1.54, 1.807) is 0 Å². The van der Waals surface area contributed by atoms with Crippen LogP contribution in [0.15, 0.2) is 120 Å². The van der Waals surface area contributed by atoms with E-state index in [0.717, 1.165) is 27.9 Å². The summed E-state index contributed by atoms with van der Waals surface area (Å²) in [5.74, 6) is 0. The lowest BCUT2D eigenvalue weighted by molar-refractivity contribution is 0.569. The molecule has 260 valence electrons. The number of rotatable bonds is 3. The van der Waals surface area contributed by atoms with E-state index in [4.69, 9.17) is 4.42 Å². The second-order valence-corrected chi connectivity index (χ2v) is 18.3. The Kier molecular flexibility index (Phi) is 6.77. The number of hydrogen-bond acceptors (Lipinski definition) is 2. The number of hydrogen-bond donors (Lipinski definition) is 0. The molecule has 9 rings (SSSR count). The minimum Gasteiger partial charge on any atom is -0.456 e. The van der Waals surface area contributed by atoms with Gasteiger partial charge in [-0.2, -0.15) is 0 Å². The molecule has 7 aromatic rings. The largest absolute Gasteiger partial charge is 0.456 e. The van der Waals surface area contributed by atoms with E-state index in [-0.39, 0.29) is 21.7 Å². The van der Waals surface area contributed by atoms with Crippen molar-refractivity contribution >= 4 is 39.0 Å². The Hall–Kier alpha value is -5.08. The maximum atomic E-state index is 6.89. The van der Waals surface area contributed by atoms with Gasteiger partial charge < -0.3 is 9.32 Å². The van der Waals surface area contributed by atoms with Crippen LogP contribution >= 0.6 is 0 Å². The number of benzene rings is 6. The first kappa shape index (κ1) is 32.8. The average molecular weight is 680 g/mol. The first-order valence-electron chi connectivity index (χ1n) is 18.9. The van der Waals surface area contributed by atoms with Gasteiger partial charge in [0.1, 0.15) is 11.2 Å². The fraction of sp³-hybridized carbons (Fsp3) is 0.280. The molecule has 1 heterocycles. The van der Waals surface area contributed by atoms with Gasteiger partial charge in [0.2, 0.25) is 0 Å². The zero-order chi connectivity index (χ0) is 36.5. The lowest BCUT2D eigenvalue weighted by Gasteiger charge is -2.31. The Balaban J connectivity index is 1.40. The van der Waals surface area contributed by atoms with Gasteiger partial charge in [0.05, 0.1) is 16.8 Å². The van der Waals surface area contributed by atoms with Gasteiger partial charge in [-0.25, -0.2) is 0 Å². The lowest BCUT2D eigenvalue weighted by Crippen LogP contribution is -2.18. The molecule has 52 heavy (non-hydrogen) atoms. The van der Waals surface area contributed by atoms with Crippen molar-refractivity contribution in [2.75, 3.05) is 4.90 Å². The summed E-state index contributed by atoms with van der Waals surface area (Å²) in [7, 11) is 0. The normalized spacial score (nSPS) is 15.4. The molecule has 0 saturated carbocycles. The second kappa shape index (κ2) is 10.7. The third-order valence-electron chi connectivity index (χ3n) is 12.1. The number of fused-ring (bicyclic) bond motifs is 9. The predicted octanol–water partition coefficient (Wildman–Crippen LogP) is 14.3. The van der Waals surface area contributed by atoms with Crippen molar-refractivity contribution in [2.24, 2.45) is 0 Å². The number of furan rings is 1. The van der Waals surface area contributed by atoms with Gasteiger partial charge in [0.15, 0.2) is 0 Å². The zero-order valence-corrected chi connectivity index (χ0v) is 32.3. The third kappa shape index (κ3) is 4.56. The van der Waals surface area contributed by atoms with Crippen molar-refractivity contribution in [1.29, 1.82) is 0 Å². The summed E-state index contributed by atoms with van der Waals surface area (Å²) < 4.78 is 6.89. The SMILES string of the molecule is CC(C)(C)c1cc(C(C)(C)C)c2c(c1)oc1cccc(N(c3ccc4c(c3)C(C)(C)c3ccccc3-4)c3cccc4c3-c3ccccc3C4(C)C)c12. The van der Waals surface area contributed by atoms with Crippen LogP contribution in [0.25, 0.3) is 44.2 Å². The highest BCUT2D eigenvalue weighted by Gasteiger charge is 2.40. The highest BCUT2D eigenvalue weighted by molar-refractivity contribution is 6.16. The molecule has 2 heteroatoms. The van der Waals surface area contributed by atoms with Crippen LogP contribution in [0.1, 0.15) is 103 Å². The maximum Gasteiger partial charge on any atom is 0.137 e. The highest BCUT2D eigenvalue weighted by atomic mass is 16.3. The first-order valence-corrected chi connectivity index (χ1v) is 18.9. The summed E-state index contributed by atoms with van der Waals surface area (Å²) in [5.41, 5.74) is 18.4. The monoisotopic (exact) mass is 679 g/mol. The summed E-state index contributed by atoms with van der Waals surface area (Å²) in [6.45, 7) is 23.3. The molecule has 2 nitrogen and oxygen atoms in total. The molecule has 0 atom stereocenters. The van der Waals surface area contributed by atoms with Crippen LogP contribution in [-0.4, -0.2) is 0 Å². The molecule has 1 aromatic heterocycles. The van der Waals surface area contributed by atoms with Gasteiger partial charge in [0, 0.05) is 27.5 Å². The quantitative estimate of drug-likeness (QED) is 0.185. The first-order chi connectivity index (χ1) is 24.6. The molecule has 0 amide bonds. The van der Waals surface area contributed by atoms with Crippen molar-refractivity contribution in [3.63, 3.8) is 0 Å². The Morgan fingerprint density at radius 2 is 1.08 bits per heavy atom. The lowest BCUT2D eigenvalue weighted by atomic mass is 9.78. The van der Waals surface area contributed by atoms with E-state index in [2.05, 4.69) is 189 Å². The molecule has 0 N–H and O–H groups in total. The van der Waals surface area contributed by atoms with Gasteiger partial charge in [-0.3, -0.25) is 0 Å². The van der Waals surface area contributed by atoms with Gasteiger partial charge in [-0.15, -0.1) is 0 Å². The average Bonchev–Trinajstić information content (AvgIpc) is 3.68. The molecule has 6 aromatic carbocycles. The van der Waals surface area contributed by atoms with Crippen LogP contribution in [0.3, 0.4) is 0 Å². The van der Waals surface area contributed by atoms with Crippen LogP contribution in [0.2, 0.25) is 0 Å². The minimum atomic E-state index is -0.127.